The molecule has 0 fully saturated rings. The number of primary amides is 1. The van der Waals surface area contributed by atoms with Crippen molar-refractivity contribution < 1.29 is 14.1 Å². The Morgan fingerprint density at radius 1 is 1.47 bits per heavy atom. The molecule has 3 N–H and O–H groups in total. The first-order valence-electron chi connectivity index (χ1n) is 4.79. The number of ether oxygens (including phenoxy) is 1. The van der Waals surface area contributed by atoms with Gasteiger partial charge in [-0.05, 0) is 17.7 Å². The van der Waals surface area contributed by atoms with Gasteiger partial charge in [-0.1, -0.05) is 12.1 Å². The topological polar surface area (TPSA) is 98.3 Å². The van der Waals surface area contributed by atoms with Gasteiger partial charge in [-0.2, -0.15) is 5.16 Å². The van der Waals surface area contributed by atoms with E-state index in [0.29, 0.717) is 11.3 Å². The van der Waals surface area contributed by atoms with E-state index in [-0.39, 0.29) is 11.3 Å². The van der Waals surface area contributed by atoms with Crippen LogP contribution < -0.4 is 16.0 Å². The molecule has 0 unspecified atom stereocenters. The van der Waals surface area contributed by atoms with Gasteiger partial charge in [0.2, 0.25) is 5.76 Å². The van der Waals surface area contributed by atoms with Crippen LogP contribution in [0, 0.1) is 0 Å². The maximum atomic E-state index is 11.5. The van der Waals surface area contributed by atoms with E-state index in [9.17, 15) is 9.59 Å². The molecular weight excluding hydrogens is 224 g/mol. The van der Waals surface area contributed by atoms with Crippen LogP contribution in [0.5, 0.6) is 5.75 Å². The number of nitrogens with one attached hydrogen (secondary N) is 1. The molecule has 0 atom stereocenters. The largest absolute Gasteiger partial charge is 0.497 e. The monoisotopic (exact) mass is 234 g/mol. The van der Waals surface area contributed by atoms with E-state index in [4.69, 9.17) is 15.0 Å². The molecule has 88 valence electrons. The van der Waals surface area contributed by atoms with Gasteiger partial charge in [0.15, 0.2) is 0 Å². The second-order valence-corrected chi connectivity index (χ2v) is 3.33. The Morgan fingerprint density at radius 2 is 2.24 bits per heavy atom. The molecule has 6 nitrogen and oxygen atoms in total. The van der Waals surface area contributed by atoms with Crippen LogP contribution in [0.1, 0.15) is 10.6 Å². The molecule has 1 aromatic heterocycles. The van der Waals surface area contributed by atoms with Crippen LogP contribution in [-0.2, 0) is 0 Å². The van der Waals surface area contributed by atoms with Crippen molar-refractivity contribution in [1.29, 1.82) is 0 Å². The molecule has 1 amide bonds. The van der Waals surface area contributed by atoms with Crippen molar-refractivity contribution in [2.24, 2.45) is 5.73 Å². The Balaban J connectivity index is 2.63. The summed E-state index contributed by atoms with van der Waals surface area (Å²) in [7, 11) is 1.51. The lowest BCUT2D eigenvalue weighted by molar-refractivity contribution is 0.0965. The maximum Gasteiger partial charge on any atom is 0.288 e. The minimum Gasteiger partial charge on any atom is -0.497 e. The summed E-state index contributed by atoms with van der Waals surface area (Å²) in [5.74, 6) is -0.428. The van der Waals surface area contributed by atoms with Crippen LogP contribution in [0.3, 0.4) is 0 Å². The molecular formula is C11H10N2O4. The molecule has 2 aromatic rings. The number of carbonyl (C=O) groups excluding carboxylic acids is 1. The number of amides is 1. The standard InChI is InChI=1S/C11H10N2O4/c1-16-7-4-2-3-6(5-7)8-9(10(12)14)17-13-11(8)15/h2-5H,1H3,(H2,12,14)(H,13,15). The SMILES string of the molecule is COc1cccc(-c2c(C(N)=O)o[nH]c2=O)c1. The van der Waals surface area contributed by atoms with Crippen molar-refractivity contribution in [2.75, 3.05) is 7.11 Å². The molecule has 0 radical (unpaired) electrons. The van der Waals surface area contributed by atoms with E-state index in [2.05, 4.69) is 5.16 Å². The smallest absolute Gasteiger partial charge is 0.288 e. The number of methoxy groups -OCH3 is 1. The number of benzene rings is 1. The first kappa shape index (κ1) is 11.0. The third-order valence-corrected chi connectivity index (χ3v) is 2.28. The Hall–Kier alpha value is -2.50. The zero-order chi connectivity index (χ0) is 12.4. The van der Waals surface area contributed by atoms with Crippen molar-refractivity contribution in [3.8, 4) is 16.9 Å². The van der Waals surface area contributed by atoms with E-state index in [0.717, 1.165) is 0 Å². The fourth-order valence-electron chi connectivity index (χ4n) is 1.52. The second-order valence-electron chi connectivity index (χ2n) is 3.33. The number of nitrogens with two attached hydrogens (primary N) is 1. The fourth-order valence-corrected chi connectivity index (χ4v) is 1.52. The summed E-state index contributed by atoms with van der Waals surface area (Å²) in [6.07, 6.45) is 0. The summed E-state index contributed by atoms with van der Waals surface area (Å²) in [6.45, 7) is 0. The van der Waals surface area contributed by atoms with E-state index >= 15 is 0 Å². The lowest BCUT2D eigenvalue weighted by Gasteiger charge is -2.02. The molecule has 0 aliphatic heterocycles. The Labute approximate surface area is 96.0 Å². The first-order chi connectivity index (χ1) is 8.13. The number of aromatic nitrogens is 1. The van der Waals surface area contributed by atoms with Crippen LogP contribution >= 0.6 is 0 Å². The van der Waals surface area contributed by atoms with Crippen molar-refractivity contribution >= 4 is 5.91 Å². The van der Waals surface area contributed by atoms with Crippen LogP contribution in [0.25, 0.3) is 11.1 Å². The van der Waals surface area contributed by atoms with E-state index in [1.807, 2.05) is 0 Å². The molecule has 1 aromatic carbocycles. The molecule has 2 rings (SSSR count). The molecule has 1 heterocycles. The normalized spacial score (nSPS) is 10.2. The molecule has 0 aliphatic rings. The summed E-state index contributed by atoms with van der Waals surface area (Å²) in [6, 6.07) is 6.70. The summed E-state index contributed by atoms with van der Waals surface area (Å²) in [4.78, 5) is 22.6. The molecule has 0 aliphatic carbocycles. The van der Waals surface area contributed by atoms with Gasteiger partial charge in [-0.25, -0.2) is 0 Å². The number of H-pyrrole nitrogens is 1. The number of carbonyl (C=O) groups is 1. The molecule has 0 spiro atoms. The van der Waals surface area contributed by atoms with Gasteiger partial charge in [-0.15, -0.1) is 0 Å². The van der Waals surface area contributed by atoms with E-state index in [1.54, 1.807) is 24.3 Å². The van der Waals surface area contributed by atoms with Gasteiger partial charge in [0.05, 0.1) is 7.11 Å². The number of rotatable bonds is 3. The average molecular weight is 234 g/mol. The Morgan fingerprint density at radius 3 is 2.88 bits per heavy atom. The van der Waals surface area contributed by atoms with E-state index in [1.165, 1.54) is 7.11 Å². The highest BCUT2D eigenvalue weighted by molar-refractivity contribution is 5.96. The average Bonchev–Trinajstić information content (AvgIpc) is 2.71. The van der Waals surface area contributed by atoms with Crippen molar-refractivity contribution in [3.05, 3.63) is 40.4 Å². The van der Waals surface area contributed by atoms with Crippen LogP contribution in [-0.4, -0.2) is 18.2 Å². The summed E-state index contributed by atoms with van der Waals surface area (Å²) < 4.78 is 9.77. The summed E-state index contributed by atoms with van der Waals surface area (Å²) in [5.41, 5.74) is 5.22. The van der Waals surface area contributed by atoms with Gasteiger partial charge in [0.25, 0.3) is 11.5 Å². The molecule has 6 heteroatoms. The van der Waals surface area contributed by atoms with Crippen molar-refractivity contribution in [3.63, 3.8) is 0 Å². The Bertz CT molecular complexity index is 612. The first-order valence-corrected chi connectivity index (χ1v) is 4.79. The van der Waals surface area contributed by atoms with Gasteiger partial charge in [0.1, 0.15) is 11.3 Å². The van der Waals surface area contributed by atoms with Crippen molar-refractivity contribution in [2.45, 2.75) is 0 Å². The predicted octanol–water partition coefficient (Wildman–Crippen LogP) is 0.742. The molecule has 0 saturated heterocycles. The third-order valence-electron chi connectivity index (χ3n) is 2.28. The highest BCUT2D eigenvalue weighted by Crippen LogP contribution is 2.23. The third kappa shape index (κ3) is 1.92. The summed E-state index contributed by atoms with van der Waals surface area (Å²) in [5, 5.41) is 2.08. The highest BCUT2D eigenvalue weighted by Gasteiger charge is 2.19. The highest BCUT2D eigenvalue weighted by atomic mass is 16.5. The second kappa shape index (κ2) is 4.17. The molecule has 0 bridgehead atoms. The predicted molar refractivity (Wildman–Crippen MR) is 59.8 cm³/mol. The van der Waals surface area contributed by atoms with Gasteiger partial charge >= 0.3 is 0 Å². The van der Waals surface area contributed by atoms with Gasteiger partial charge < -0.3 is 15.0 Å². The quantitative estimate of drug-likeness (QED) is 0.818. The zero-order valence-electron chi connectivity index (χ0n) is 9.02. The van der Waals surface area contributed by atoms with Gasteiger partial charge in [0, 0.05) is 0 Å². The van der Waals surface area contributed by atoms with E-state index < -0.39 is 11.5 Å². The summed E-state index contributed by atoms with van der Waals surface area (Å²) >= 11 is 0. The minimum atomic E-state index is -0.804. The number of hydrogen-bond acceptors (Lipinski definition) is 4. The maximum absolute atomic E-state index is 11.5. The van der Waals surface area contributed by atoms with Crippen LogP contribution in [0.15, 0.2) is 33.6 Å². The number of aromatic amines is 1. The number of hydrogen-bond donors (Lipinski definition) is 2. The van der Waals surface area contributed by atoms with Crippen LogP contribution in [0.2, 0.25) is 0 Å². The fraction of sp³-hybridized carbons (Fsp3) is 0.0909. The Kier molecular flexibility index (Phi) is 2.70. The van der Waals surface area contributed by atoms with Crippen molar-refractivity contribution in [1.82, 2.24) is 5.16 Å². The lowest BCUT2D eigenvalue weighted by Crippen LogP contribution is -2.13. The lowest BCUT2D eigenvalue weighted by atomic mass is 10.1. The van der Waals surface area contributed by atoms with Crippen LogP contribution in [0.4, 0.5) is 0 Å². The molecule has 0 saturated carbocycles. The molecule has 17 heavy (non-hydrogen) atoms. The zero-order valence-corrected chi connectivity index (χ0v) is 9.02. The van der Waals surface area contributed by atoms with Gasteiger partial charge in [-0.3, -0.25) is 9.59 Å². The minimum absolute atomic E-state index is 0.108.